The molecule has 1 aromatic rings. The predicted octanol–water partition coefficient (Wildman–Crippen LogP) is 4.83. The quantitative estimate of drug-likeness (QED) is 0.672. The molecule has 0 spiro atoms. The van der Waals surface area contributed by atoms with E-state index in [2.05, 4.69) is 69.8 Å². The van der Waals surface area contributed by atoms with Crippen LogP contribution in [0.3, 0.4) is 0 Å². The zero-order valence-electron chi connectivity index (χ0n) is 12.7. The molecular weight excluding hydrogens is 244 g/mol. The summed E-state index contributed by atoms with van der Waals surface area (Å²) < 4.78 is 0. The Bertz CT molecular complexity index is 484. The first kappa shape index (κ1) is 14.3. The maximum absolute atomic E-state index is 2.54. The molecule has 0 heterocycles. The zero-order chi connectivity index (χ0) is 13.9. The Hall–Kier alpha value is -1.08. The standard InChI is InChI=1S/C18H26Si/c1-5-15(3)17-13-10-14-18(17)19(4,6-2)16-11-8-7-9-12-16/h7-9,11-15H,5-6,10H2,1-4H3. The highest BCUT2D eigenvalue weighted by molar-refractivity contribution is 6.97. The van der Waals surface area contributed by atoms with Crippen LogP contribution in [0.1, 0.15) is 33.6 Å². The number of hydrogen-bond acceptors (Lipinski definition) is 0. The lowest BCUT2D eigenvalue weighted by Crippen LogP contribution is -2.47. The summed E-state index contributed by atoms with van der Waals surface area (Å²) in [5.41, 5.74) is 1.64. The van der Waals surface area contributed by atoms with Crippen molar-refractivity contribution in [2.24, 2.45) is 5.92 Å². The number of benzene rings is 1. The molecule has 0 fully saturated rings. The summed E-state index contributed by atoms with van der Waals surface area (Å²) in [6.45, 7) is 9.58. The van der Waals surface area contributed by atoms with Crippen LogP contribution in [0.25, 0.3) is 0 Å². The fourth-order valence-corrected chi connectivity index (χ4v) is 6.70. The fraction of sp³-hybridized carbons (Fsp3) is 0.444. The average Bonchev–Trinajstić information content (AvgIpc) is 2.96. The number of rotatable bonds is 5. The largest absolute Gasteiger partial charge is 0.114 e. The van der Waals surface area contributed by atoms with E-state index in [9.17, 15) is 0 Å². The lowest BCUT2D eigenvalue weighted by atomic mass is 10.00. The van der Waals surface area contributed by atoms with Gasteiger partial charge in [0, 0.05) is 0 Å². The van der Waals surface area contributed by atoms with Crippen molar-refractivity contribution in [3.63, 3.8) is 0 Å². The van der Waals surface area contributed by atoms with Crippen LogP contribution in [0.2, 0.25) is 12.6 Å². The smallest absolute Gasteiger partial charge is 0.0808 e. The molecule has 0 nitrogen and oxygen atoms in total. The van der Waals surface area contributed by atoms with E-state index in [-0.39, 0.29) is 0 Å². The van der Waals surface area contributed by atoms with Gasteiger partial charge in [-0.2, -0.15) is 0 Å². The normalized spacial score (nSPS) is 19.6. The Kier molecular flexibility index (Phi) is 4.46. The second-order valence-corrected chi connectivity index (χ2v) is 10.4. The van der Waals surface area contributed by atoms with Crippen molar-refractivity contribution in [2.45, 2.75) is 46.2 Å². The Balaban J connectivity index is 2.40. The minimum atomic E-state index is -1.52. The summed E-state index contributed by atoms with van der Waals surface area (Å²) in [6.07, 6.45) is 7.36. The van der Waals surface area contributed by atoms with Gasteiger partial charge in [-0.05, 0) is 24.3 Å². The van der Waals surface area contributed by atoms with Gasteiger partial charge in [-0.3, -0.25) is 0 Å². The van der Waals surface area contributed by atoms with Gasteiger partial charge in [0.1, 0.15) is 8.07 Å². The van der Waals surface area contributed by atoms with Crippen molar-refractivity contribution in [3.05, 3.63) is 53.3 Å². The van der Waals surface area contributed by atoms with Gasteiger partial charge in [0.05, 0.1) is 0 Å². The van der Waals surface area contributed by atoms with Crippen LogP contribution < -0.4 is 5.19 Å². The lowest BCUT2D eigenvalue weighted by molar-refractivity contribution is 0.668. The monoisotopic (exact) mass is 270 g/mol. The van der Waals surface area contributed by atoms with Gasteiger partial charge in [0.25, 0.3) is 0 Å². The Morgan fingerprint density at radius 2 is 1.79 bits per heavy atom. The van der Waals surface area contributed by atoms with Gasteiger partial charge in [0.2, 0.25) is 0 Å². The molecule has 1 heteroatoms. The first-order valence-electron chi connectivity index (χ1n) is 7.60. The van der Waals surface area contributed by atoms with Crippen LogP contribution in [-0.2, 0) is 0 Å². The van der Waals surface area contributed by atoms with Crippen LogP contribution in [-0.4, -0.2) is 8.07 Å². The molecule has 0 aromatic heterocycles. The van der Waals surface area contributed by atoms with Gasteiger partial charge in [0.15, 0.2) is 0 Å². The Morgan fingerprint density at radius 1 is 1.11 bits per heavy atom. The fourth-order valence-electron chi connectivity index (χ4n) is 3.12. The average molecular weight is 270 g/mol. The third-order valence-corrected chi connectivity index (χ3v) is 9.53. The maximum Gasteiger partial charge on any atom is 0.114 e. The molecule has 0 saturated carbocycles. The van der Waals surface area contributed by atoms with E-state index >= 15 is 0 Å². The zero-order valence-corrected chi connectivity index (χ0v) is 13.7. The van der Waals surface area contributed by atoms with Gasteiger partial charge >= 0.3 is 0 Å². The van der Waals surface area contributed by atoms with Crippen LogP contribution in [0.15, 0.2) is 53.3 Å². The lowest BCUT2D eigenvalue weighted by Gasteiger charge is -2.32. The van der Waals surface area contributed by atoms with Crippen molar-refractivity contribution in [1.82, 2.24) is 0 Å². The summed E-state index contributed by atoms with van der Waals surface area (Å²) in [5.74, 6) is 0.704. The summed E-state index contributed by atoms with van der Waals surface area (Å²) in [6, 6.07) is 12.5. The molecule has 1 aromatic carbocycles. The first-order valence-corrected chi connectivity index (χ1v) is 10.3. The van der Waals surface area contributed by atoms with E-state index in [1.54, 1.807) is 16.0 Å². The molecule has 2 rings (SSSR count). The molecule has 0 N–H and O–H groups in total. The number of allylic oxidation sites excluding steroid dienone is 4. The third-order valence-electron chi connectivity index (χ3n) is 4.83. The first-order chi connectivity index (χ1) is 9.13. The highest BCUT2D eigenvalue weighted by Crippen LogP contribution is 2.36. The second-order valence-electron chi connectivity index (χ2n) is 5.87. The van der Waals surface area contributed by atoms with Crippen LogP contribution in [0, 0.1) is 5.92 Å². The van der Waals surface area contributed by atoms with Crippen LogP contribution in [0.5, 0.6) is 0 Å². The van der Waals surface area contributed by atoms with Crippen LogP contribution >= 0.6 is 0 Å². The number of hydrogen-bond donors (Lipinski definition) is 0. The molecular formula is C18H26Si. The molecule has 0 aliphatic heterocycles. The third kappa shape index (κ3) is 2.62. The molecule has 2 atom stereocenters. The Labute approximate surface area is 119 Å². The topological polar surface area (TPSA) is 0 Å². The van der Waals surface area contributed by atoms with Crippen LogP contribution in [0.4, 0.5) is 0 Å². The van der Waals surface area contributed by atoms with E-state index in [1.807, 2.05) is 0 Å². The van der Waals surface area contributed by atoms with E-state index in [1.165, 1.54) is 12.5 Å². The molecule has 102 valence electrons. The van der Waals surface area contributed by atoms with Crippen molar-refractivity contribution in [1.29, 1.82) is 0 Å². The van der Waals surface area contributed by atoms with Crippen molar-refractivity contribution >= 4 is 13.3 Å². The van der Waals surface area contributed by atoms with E-state index in [4.69, 9.17) is 0 Å². The van der Waals surface area contributed by atoms with Gasteiger partial charge in [-0.25, -0.2) is 0 Å². The summed E-state index contributed by atoms with van der Waals surface area (Å²) in [4.78, 5) is 0. The SMILES string of the molecule is CCC(C)C1=CCC=C1[Si](C)(CC)c1ccccc1. The highest BCUT2D eigenvalue weighted by atomic mass is 28.3. The molecule has 0 bridgehead atoms. The van der Waals surface area contributed by atoms with E-state index in [0.717, 1.165) is 6.42 Å². The minimum Gasteiger partial charge on any atom is -0.0808 e. The minimum absolute atomic E-state index is 0.704. The highest BCUT2D eigenvalue weighted by Gasteiger charge is 2.35. The summed E-state index contributed by atoms with van der Waals surface area (Å²) in [7, 11) is -1.52. The molecule has 1 aliphatic carbocycles. The predicted molar refractivity (Wildman–Crippen MR) is 88.4 cm³/mol. The molecule has 19 heavy (non-hydrogen) atoms. The summed E-state index contributed by atoms with van der Waals surface area (Å²) in [5, 5.41) is 3.29. The second kappa shape index (κ2) is 5.92. The molecule has 0 radical (unpaired) electrons. The van der Waals surface area contributed by atoms with Gasteiger partial charge in [-0.1, -0.05) is 86.2 Å². The summed E-state index contributed by atoms with van der Waals surface area (Å²) >= 11 is 0. The van der Waals surface area contributed by atoms with Crippen molar-refractivity contribution in [3.8, 4) is 0 Å². The van der Waals surface area contributed by atoms with Gasteiger partial charge < -0.3 is 0 Å². The molecule has 1 aliphatic rings. The van der Waals surface area contributed by atoms with Crippen molar-refractivity contribution < 1.29 is 0 Å². The Morgan fingerprint density at radius 3 is 2.37 bits per heavy atom. The van der Waals surface area contributed by atoms with Gasteiger partial charge in [-0.15, -0.1) is 0 Å². The molecule has 2 unspecified atom stereocenters. The van der Waals surface area contributed by atoms with E-state index < -0.39 is 8.07 Å². The van der Waals surface area contributed by atoms with E-state index in [0.29, 0.717) is 5.92 Å². The molecule has 0 saturated heterocycles. The van der Waals surface area contributed by atoms with Crippen molar-refractivity contribution in [2.75, 3.05) is 0 Å². The molecule has 0 amide bonds. The maximum atomic E-state index is 2.54.